The van der Waals surface area contributed by atoms with Crippen LogP contribution in [0.25, 0.3) is 10.2 Å². The Balaban J connectivity index is 2.00. The van der Waals surface area contributed by atoms with Gasteiger partial charge in [0.15, 0.2) is 0 Å². The predicted molar refractivity (Wildman–Crippen MR) is 86.9 cm³/mol. The largest absolute Gasteiger partial charge is 0.342 e. The Kier molecular flexibility index (Phi) is 5.12. The van der Waals surface area contributed by atoms with E-state index in [0.29, 0.717) is 19.4 Å². The van der Waals surface area contributed by atoms with E-state index >= 15 is 0 Å². The van der Waals surface area contributed by atoms with Crippen LogP contribution in [0.3, 0.4) is 0 Å². The fourth-order valence-electron chi connectivity index (χ4n) is 1.85. The molecule has 0 saturated heterocycles. The molecule has 2 N–H and O–H groups in total. The molecule has 108 valence electrons. The summed E-state index contributed by atoms with van der Waals surface area (Å²) in [6.45, 7) is 2.44. The van der Waals surface area contributed by atoms with Gasteiger partial charge in [-0.3, -0.25) is 4.79 Å². The Morgan fingerprint density at radius 2 is 2.30 bits per heavy atom. The molecular formula is C14H18BrN3OS. The number of nitrogens with two attached hydrogens (primary N) is 1. The van der Waals surface area contributed by atoms with Crippen molar-refractivity contribution in [1.82, 2.24) is 9.88 Å². The van der Waals surface area contributed by atoms with Crippen molar-refractivity contribution in [1.29, 1.82) is 0 Å². The lowest BCUT2D eigenvalue weighted by Gasteiger charge is -2.23. The van der Waals surface area contributed by atoms with Crippen LogP contribution in [-0.2, 0) is 11.2 Å². The number of fused-ring (bicyclic) bond motifs is 1. The summed E-state index contributed by atoms with van der Waals surface area (Å²) >= 11 is 5.09. The fraction of sp³-hybridized carbons (Fsp3) is 0.429. The highest BCUT2D eigenvalue weighted by Crippen LogP contribution is 2.25. The maximum Gasteiger partial charge on any atom is 0.223 e. The zero-order valence-electron chi connectivity index (χ0n) is 11.6. The van der Waals surface area contributed by atoms with E-state index < -0.39 is 0 Å². The van der Waals surface area contributed by atoms with Crippen LogP contribution in [0.4, 0.5) is 0 Å². The molecular weight excluding hydrogens is 338 g/mol. The minimum Gasteiger partial charge on any atom is -0.342 e. The van der Waals surface area contributed by atoms with Crippen LogP contribution in [0.2, 0.25) is 0 Å². The van der Waals surface area contributed by atoms with E-state index in [1.807, 2.05) is 25.1 Å². The van der Waals surface area contributed by atoms with Crippen molar-refractivity contribution in [2.75, 3.05) is 13.6 Å². The summed E-state index contributed by atoms with van der Waals surface area (Å²) in [7, 11) is 1.80. The summed E-state index contributed by atoms with van der Waals surface area (Å²) in [6, 6.07) is 6.13. The van der Waals surface area contributed by atoms with Crippen molar-refractivity contribution in [2.24, 2.45) is 5.73 Å². The molecule has 4 nitrogen and oxygen atoms in total. The summed E-state index contributed by atoms with van der Waals surface area (Å²) in [5, 5.41) is 1.00. The van der Waals surface area contributed by atoms with Crippen LogP contribution in [0.5, 0.6) is 0 Å². The second kappa shape index (κ2) is 6.65. The van der Waals surface area contributed by atoms with Crippen LogP contribution in [0.1, 0.15) is 18.4 Å². The van der Waals surface area contributed by atoms with Gasteiger partial charge in [-0.25, -0.2) is 4.98 Å². The quantitative estimate of drug-likeness (QED) is 0.896. The van der Waals surface area contributed by atoms with E-state index in [4.69, 9.17) is 5.73 Å². The Morgan fingerprint density at radius 1 is 1.55 bits per heavy atom. The first kappa shape index (κ1) is 15.4. The van der Waals surface area contributed by atoms with E-state index in [1.165, 1.54) is 0 Å². The van der Waals surface area contributed by atoms with Gasteiger partial charge >= 0.3 is 0 Å². The molecule has 1 atom stereocenters. The number of hydrogen-bond donors (Lipinski definition) is 1. The maximum atomic E-state index is 12.0. The molecule has 1 heterocycles. The van der Waals surface area contributed by atoms with Crippen LogP contribution in [-0.4, -0.2) is 35.4 Å². The van der Waals surface area contributed by atoms with Crippen LogP contribution >= 0.6 is 27.3 Å². The van der Waals surface area contributed by atoms with Gasteiger partial charge in [-0.05, 0) is 25.1 Å². The maximum absolute atomic E-state index is 12.0. The third-order valence-electron chi connectivity index (χ3n) is 3.34. The molecule has 20 heavy (non-hydrogen) atoms. The highest BCUT2D eigenvalue weighted by molar-refractivity contribution is 9.10. The molecule has 0 aliphatic carbocycles. The topological polar surface area (TPSA) is 59.2 Å². The first-order valence-corrected chi connectivity index (χ1v) is 8.13. The number of carbonyl (C=O) groups is 1. The van der Waals surface area contributed by atoms with Crippen LogP contribution < -0.4 is 5.73 Å². The summed E-state index contributed by atoms with van der Waals surface area (Å²) < 4.78 is 2.17. The van der Waals surface area contributed by atoms with Crippen molar-refractivity contribution >= 4 is 43.4 Å². The number of aromatic nitrogens is 1. The lowest BCUT2D eigenvalue weighted by molar-refractivity contribution is -0.131. The Morgan fingerprint density at radius 3 is 3.00 bits per heavy atom. The normalized spacial score (nSPS) is 12.6. The standard InChI is InChI=1S/C14H18BrN3OS/c1-9(8-16)18(2)14(19)6-5-13-17-11-7-10(15)3-4-12(11)20-13/h3-4,7,9H,5-6,8,16H2,1-2H3. The average Bonchev–Trinajstić information content (AvgIpc) is 2.84. The fourth-order valence-corrected chi connectivity index (χ4v) is 3.15. The Bertz CT molecular complexity index is 613. The van der Waals surface area contributed by atoms with E-state index in [-0.39, 0.29) is 11.9 Å². The summed E-state index contributed by atoms with van der Waals surface area (Å²) in [5.41, 5.74) is 6.56. The van der Waals surface area contributed by atoms with E-state index in [0.717, 1.165) is 19.7 Å². The molecule has 6 heteroatoms. The van der Waals surface area contributed by atoms with Gasteiger partial charge < -0.3 is 10.6 Å². The van der Waals surface area contributed by atoms with Crippen molar-refractivity contribution in [2.45, 2.75) is 25.8 Å². The van der Waals surface area contributed by atoms with Gasteiger partial charge in [-0.15, -0.1) is 11.3 Å². The van der Waals surface area contributed by atoms with Gasteiger partial charge in [0.05, 0.1) is 15.2 Å². The van der Waals surface area contributed by atoms with Gasteiger partial charge in [-0.1, -0.05) is 15.9 Å². The summed E-state index contributed by atoms with van der Waals surface area (Å²) in [5.74, 6) is 0.114. The number of halogens is 1. The Labute approximate surface area is 131 Å². The number of amides is 1. The number of nitrogens with zero attached hydrogens (tertiary/aromatic N) is 2. The van der Waals surface area contributed by atoms with Gasteiger partial charge in [0.25, 0.3) is 0 Å². The van der Waals surface area contributed by atoms with Crippen molar-refractivity contribution < 1.29 is 4.79 Å². The molecule has 0 fully saturated rings. The molecule has 0 radical (unpaired) electrons. The molecule has 2 rings (SSSR count). The van der Waals surface area contributed by atoms with Gasteiger partial charge in [-0.2, -0.15) is 0 Å². The monoisotopic (exact) mass is 355 g/mol. The first-order valence-electron chi connectivity index (χ1n) is 6.52. The SMILES string of the molecule is CC(CN)N(C)C(=O)CCc1nc2cc(Br)ccc2s1. The average molecular weight is 356 g/mol. The molecule has 1 aromatic carbocycles. The van der Waals surface area contributed by atoms with Gasteiger partial charge in [0, 0.05) is 36.9 Å². The lowest BCUT2D eigenvalue weighted by atomic mass is 10.2. The Hall–Kier alpha value is -0.980. The molecule has 0 bridgehead atoms. The minimum absolute atomic E-state index is 0.0776. The molecule has 0 saturated carbocycles. The van der Waals surface area contributed by atoms with E-state index in [2.05, 4.69) is 20.9 Å². The summed E-state index contributed by atoms with van der Waals surface area (Å²) in [6.07, 6.45) is 1.15. The molecule has 1 amide bonds. The van der Waals surface area contributed by atoms with Crippen LogP contribution in [0, 0.1) is 0 Å². The van der Waals surface area contributed by atoms with Crippen molar-refractivity contribution in [3.63, 3.8) is 0 Å². The lowest BCUT2D eigenvalue weighted by Crippen LogP contribution is -2.39. The number of thiazole rings is 1. The predicted octanol–water partition coefficient (Wildman–Crippen LogP) is 2.80. The minimum atomic E-state index is 0.0776. The van der Waals surface area contributed by atoms with Crippen molar-refractivity contribution in [3.8, 4) is 0 Å². The number of benzene rings is 1. The van der Waals surface area contributed by atoms with Gasteiger partial charge in [0.1, 0.15) is 0 Å². The second-order valence-corrected chi connectivity index (χ2v) is 6.84. The van der Waals surface area contributed by atoms with Gasteiger partial charge in [0.2, 0.25) is 5.91 Å². The summed E-state index contributed by atoms with van der Waals surface area (Å²) in [4.78, 5) is 18.3. The second-order valence-electron chi connectivity index (χ2n) is 4.81. The third kappa shape index (κ3) is 3.56. The molecule has 0 spiro atoms. The number of aryl methyl sites for hydroxylation is 1. The highest BCUT2D eigenvalue weighted by atomic mass is 79.9. The molecule has 0 aliphatic heterocycles. The third-order valence-corrected chi connectivity index (χ3v) is 4.93. The number of hydrogen-bond acceptors (Lipinski definition) is 4. The number of carbonyl (C=O) groups excluding carboxylic acids is 1. The van der Waals surface area contributed by atoms with E-state index in [1.54, 1.807) is 23.3 Å². The number of rotatable bonds is 5. The smallest absolute Gasteiger partial charge is 0.223 e. The molecule has 0 aliphatic rings. The molecule has 1 unspecified atom stereocenters. The zero-order valence-corrected chi connectivity index (χ0v) is 14.0. The van der Waals surface area contributed by atoms with E-state index in [9.17, 15) is 4.79 Å². The zero-order chi connectivity index (χ0) is 14.7. The van der Waals surface area contributed by atoms with Crippen molar-refractivity contribution in [3.05, 3.63) is 27.7 Å². The number of likely N-dealkylation sites (N-methyl/N-ethyl adjacent to an activating group) is 1. The first-order chi connectivity index (χ1) is 9.51. The highest BCUT2D eigenvalue weighted by Gasteiger charge is 2.15. The molecule has 2 aromatic rings. The molecule has 1 aromatic heterocycles. The van der Waals surface area contributed by atoms with Crippen LogP contribution in [0.15, 0.2) is 22.7 Å².